The van der Waals surface area contributed by atoms with Crippen LogP contribution in [-0.4, -0.2) is 48.7 Å². The lowest BCUT2D eigenvalue weighted by Gasteiger charge is -2.31. The summed E-state index contributed by atoms with van der Waals surface area (Å²) in [5.41, 5.74) is 1.66. The number of likely N-dealkylation sites (tertiary alicyclic amines) is 1. The number of nitrogens with zero attached hydrogens (tertiary/aromatic N) is 3. The first kappa shape index (κ1) is 19.6. The van der Waals surface area contributed by atoms with Gasteiger partial charge in [-0.05, 0) is 49.2 Å². The molecule has 1 aromatic heterocycles. The SMILES string of the molecule is CN(C)S(=O)(=O)c1ccc(C(=O)N2CCCCCC2c2cccn2C)cc1. The standard InChI is InChI=1S/C20H27N3O3S/c1-21(2)27(25,26)17-12-10-16(11-13-17)20(24)23-15-6-4-5-8-19(23)18-9-7-14-22(18)3/h7,9-14,19H,4-6,8,15H2,1-3H3. The molecule has 0 bridgehead atoms. The maximum atomic E-state index is 13.2. The predicted octanol–water partition coefficient (Wildman–Crippen LogP) is 3.03. The maximum absolute atomic E-state index is 13.2. The molecule has 2 heterocycles. The number of hydrogen-bond donors (Lipinski definition) is 0. The fourth-order valence-electron chi connectivity index (χ4n) is 3.63. The van der Waals surface area contributed by atoms with Gasteiger partial charge in [0.15, 0.2) is 0 Å². The van der Waals surface area contributed by atoms with E-state index >= 15 is 0 Å². The van der Waals surface area contributed by atoms with Crippen molar-refractivity contribution in [3.63, 3.8) is 0 Å². The topological polar surface area (TPSA) is 62.6 Å². The van der Waals surface area contributed by atoms with Crippen LogP contribution < -0.4 is 0 Å². The third-order valence-electron chi connectivity index (χ3n) is 5.22. The van der Waals surface area contributed by atoms with Gasteiger partial charge in [0, 0.05) is 45.1 Å². The van der Waals surface area contributed by atoms with Gasteiger partial charge < -0.3 is 9.47 Å². The molecule has 3 rings (SSSR count). The Morgan fingerprint density at radius 2 is 1.78 bits per heavy atom. The average molecular weight is 390 g/mol. The fraction of sp³-hybridized carbons (Fsp3) is 0.450. The summed E-state index contributed by atoms with van der Waals surface area (Å²) in [7, 11) is 1.50. The Morgan fingerprint density at radius 3 is 2.37 bits per heavy atom. The van der Waals surface area contributed by atoms with E-state index in [9.17, 15) is 13.2 Å². The van der Waals surface area contributed by atoms with E-state index in [1.165, 1.54) is 30.5 Å². The van der Waals surface area contributed by atoms with Gasteiger partial charge >= 0.3 is 0 Å². The van der Waals surface area contributed by atoms with Crippen molar-refractivity contribution in [3.8, 4) is 0 Å². The number of aromatic nitrogens is 1. The highest BCUT2D eigenvalue weighted by atomic mass is 32.2. The molecule has 0 radical (unpaired) electrons. The normalized spacial score (nSPS) is 18.5. The lowest BCUT2D eigenvalue weighted by atomic mass is 10.1. The average Bonchev–Trinajstić information content (AvgIpc) is 2.92. The number of amides is 1. The zero-order valence-corrected chi connectivity index (χ0v) is 16.9. The van der Waals surface area contributed by atoms with Gasteiger partial charge in [0.2, 0.25) is 10.0 Å². The zero-order chi connectivity index (χ0) is 19.6. The van der Waals surface area contributed by atoms with Crippen molar-refractivity contribution in [1.29, 1.82) is 0 Å². The van der Waals surface area contributed by atoms with Crippen molar-refractivity contribution in [2.75, 3.05) is 20.6 Å². The van der Waals surface area contributed by atoms with Crippen molar-refractivity contribution < 1.29 is 13.2 Å². The van der Waals surface area contributed by atoms with Crippen LogP contribution in [0, 0.1) is 0 Å². The molecule has 1 aliphatic heterocycles. The molecule has 6 nitrogen and oxygen atoms in total. The van der Waals surface area contributed by atoms with Crippen LogP contribution in [0.5, 0.6) is 0 Å². The molecule has 1 unspecified atom stereocenters. The number of benzene rings is 1. The Labute approximate surface area is 161 Å². The molecule has 0 N–H and O–H groups in total. The van der Waals surface area contributed by atoms with Gasteiger partial charge in [0.25, 0.3) is 5.91 Å². The van der Waals surface area contributed by atoms with E-state index in [1.54, 1.807) is 12.1 Å². The van der Waals surface area contributed by atoms with E-state index in [0.717, 1.165) is 31.4 Å². The van der Waals surface area contributed by atoms with E-state index in [1.807, 2.05) is 24.2 Å². The van der Waals surface area contributed by atoms with Crippen LogP contribution in [0.2, 0.25) is 0 Å². The van der Waals surface area contributed by atoms with E-state index in [0.29, 0.717) is 12.1 Å². The van der Waals surface area contributed by atoms with Crippen LogP contribution in [0.25, 0.3) is 0 Å². The van der Waals surface area contributed by atoms with Crippen molar-refractivity contribution in [3.05, 3.63) is 53.9 Å². The Hall–Kier alpha value is -2.12. The Bertz CT molecular complexity index is 901. The molecular formula is C20H27N3O3S. The third-order valence-corrected chi connectivity index (χ3v) is 7.05. The van der Waals surface area contributed by atoms with Gasteiger partial charge in [-0.15, -0.1) is 0 Å². The van der Waals surface area contributed by atoms with E-state index in [2.05, 4.69) is 10.6 Å². The van der Waals surface area contributed by atoms with Gasteiger partial charge in [-0.3, -0.25) is 4.79 Å². The lowest BCUT2D eigenvalue weighted by Crippen LogP contribution is -2.35. The van der Waals surface area contributed by atoms with Crippen molar-refractivity contribution >= 4 is 15.9 Å². The number of carbonyl (C=O) groups is 1. The lowest BCUT2D eigenvalue weighted by molar-refractivity contribution is 0.0674. The highest BCUT2D eigenvalue weighted by molar-refractivity contribution is 7.89. The summed E-state index contributed by atoms with van der Waals surface area (Å²) < 4.78 is 27.7. The molecule has 27 heavy (non-hydrogen) atoms. The second kappa shape index (κ2) is 7.86. The predicted molar refractivity (Wildman–Crippen MR) is 105 cm³/mol. The molecule has 1 fully saturated rings. The molecule has 0 aliphatic carbocycles. The van der Waals surface area contributed by atoms with Gasteiger partial charge in [0.1, 0.15) is 0 Å². The quantitative estimate of drug-likeness (QED) is 0.807. The molecule has 0 saturated carbocycles. The van der Waals surface area contributed by atoms with E-state index in [-0.39, 0.29) is 16.8 Å². The van der Waals surface area contributed by atoms with Crippen LogP contribution in [0.3, 0.4) is 0 Å². The van der Waals surface area contributed by atoms with Crippen LogP contribution in [-0.2, 0) is 17.1 Å². The Balaban J connectivity index is 1.89. The second-order valence-electron chi connectivity index (χ2n) is 7.22. The summed E-state index contributed by atoms with van der Waals surface area (Å²) in [4.78, 5) is 15.4. The third kappa shape index (κ3) is 3.94. The highest BCUT2D eigenvalue weighted by Gasteiger charge is 2.29. The van der Waals surface area contributed by atoms with Gasteiger partial charge in [-0.2, -0.15) is 0 Å². The van der Waals surface area contributed by atoms with E-state index < -0.39 is 10.0 Å². The van der Waals surface area contributed by atoms with Crippen LogP contribution >= 0.6 is 0 Å². The number of aryl methyl sites for hydroxylation is 1. The molecular weight excluding hydrogens is 362 g/mol. The molecule has 1 aromatic carbocycles. The summed E-state index contributed by atoms with van der Waals surface area (Å²) in [6, 6.07) is 10.4. The summed E-state index contributed by atoms with van der Waals surface area (Å²) in [6.07, 6.45) is 6.14. The highest BCUT2D eigenvalue weighted by Crippen LogP contribution is 2.31. The molecule has 1 atom stereocenters. The smallest absolute Gasteiger partial charge is 0.254 e. The molecule has 2 aromatic rings. The van der Waals surface area contributed by atoms with Crippen LogP contribution in [0.4, 0.5) is 0 Å². The molecule has 1 amide bonds. The Kier molecular flexibility index (Phi) is 5.72. The van der Waals surface area contributed by atoms with Crippen LogP contribution in [0.1, 0.15) is 47.8 Å². The summed E-state index contributed by atoms with van der Waals surface area (Å²) >= 11 is 0. The maximum Gasteiger partial charge on any atom is 0.254 e. The summed E-state index contributed by atoms with van der Waals surface area (Å²) in [6.45, 7) is 0.715. The van der Waals surface area contributed by atoms with Gasteiger partial charge in [-0.25, -0.2) is 12.7 Å². The van der Waals surface area contributed by atoms with Gasteiger partial charge in [0.05, 0.1) is 10.9 Å². The first-order valence-electron chi connectivity index (χ1n) is 9.27. The number of carbonyl (C=O) groups excluding carboxylic acids is 1. The van der Waals surface area contributed by atoms with Gasteiger partial charge in [-0.1, -0.05) is 12.8 Å². The minimum absolute atomic E-state index is 0.0445. The van der Waals surface area contributed by atoms with Crippen molar-refractivity contribution in [1.82, 2.24) is 13.8 Å². The molecule has 1 saturated heterocycles. The zero-order valence-electron chi connectivity index (χ0n) is 16.1. The molecule has 1 aliphatic rings. The fourth-order valence-corrected chi connectivity index (χ4v) is 4.53. The minimum atomic E-state index is -3.50. The number of sulfonamides is 1. The Morgan fingerprint density at radius 1 is 1.07 bits per heavy atom. The summed E-state index contributed by atoms with van der Waals surface area (Å²) in [5, 5.41) is 0. The summed E-state index contributed by atoms with van der Waals surface area (Å²) in [5.74, 6) is -0.0445. The van der Waals surface area contributed by atoms with E-state index in [4.69, 9.17) is 0 Å². The number of hydrogen-bond acceptors (Lipinski definition) is 3. The van der Waals surface area contributed by atoms with Crippen molar-refractivity contribution in [2.45, 2.75) is 36.6 Å². The number of rotatable bonds is 4. The second-order valence-corrected chi connectivity index (χ2v) is 9.37. The van der Waals surface area contributed by atoms with Crippen LogP contribution in [0.15, 0.2) is 47.5 Å². The first-order valence-corrected chi connectivity index (χ1v) is 10.7. The first-order chi connectivity index (χ1) is 12.8. The largest absolute Gasteiger partial charge is 0.353 e. The van der Waals surface area contributed by atoms with Crippen molar-refractivity contribution in [2.24, 2.45) is 7.05 Å². The molecule has 0 spiro atoms. The molecule has 146 valence electrons. The molecule has 7 heteroatoms. The minimum Gasteiger partial charge on any atom is -0.353 e. The monoisotopic (exact) mass is 389 g/mol.